The maximum atomic E-state index is 13.0. The lowest BCUT2D eigenvalue weighted by Crippen LogP contribution is -2.59. The van der Waals surface area contributed by atoms with Crippen LogP contribution in [0.1, 0.15) is 32.9 Å². The number of aliphatic carboxylic acids is 1. The first-order chi connectivity index (χ1) is 15.5. The predicted molar refractivity (Wildman–Crippen MR) is 123 cm³/mol. The van der Waals surface area contributed by atoms with E-state index in [9.17, 15) is 29.4 Å². The Labute approximate surface area is 196 Å². The molecule has 33 heavy (non-hydrogen) atoms. The van der Waals surface area contributed by atoms with Crippen LogP contribution in [0.5, 0.6) is 0 Å². The van der Waals surface area contributed by atoms with Crippen molar-refractivity contribution in [3.63, 3.8) is 0 Å². The minimum absolute atomic E-state index is 0.0298. The fourth-order valence-electron chi connectivity index (χ4n) is 2.86. The molecule has 0 spiro atoms. The lowest BCUT2D eigenvalue weighted by Gasteiger charge is -2.27. The molecule has 0 aromatic carbocycles. The molecule has 0 aliphatic heterocycles. The van der Waals surface area contributed by atoms with Crippen molar-refractivity contribution in [1.82, 2.24) is 25.9 Å². The zero-order chi connectivity index (χ0) is 25.1. The summed E-state index contributed by atoms with van der Waals surface area (Å²) in [5, 5.41) is 26.5. The van der Waals surface area contributed by atoms with Gasteiger partial charge in [0.15, 0.2) is 0 Å². The van der Waals surface area contributed by atoms with Gasteiger partial charge in [-0.3, -0.25) is 14.4 Å². The van der Waals surface area contributed by atoms with Crippen LogP contribution in [0.15, 0.2) is 12.5 Å². The van der Waals surface area contributed by atoms with Crippen LogP contribution in [-0.4, -0.2) is 86.2 Å². The van der Waals surface area contributed by atoms with E-state index in [4.69, 9.17) is 5.73 Å². The summed E-state index contributed by atoms with van der Waals surface area (Å²) in [4.78, 5) is 56.4. The monoisotopic (exact) mass is 486 g/mol. The largest absolute Gasteiger partial charge is 0.480 e. The number of aliphatic hydroxyl groups excluding tert-OH is 1. The van der Waals surface area contributed by atoms with Crippen LogP contribution in [0, 0.1) is 5.92 Å². The van der Waals surface area contributed by atoms with E-state index in [0.29, 0.717) is 11.4 Å². The van der Waals surface area contributed by atoms with Crippen molar-refractivity contribution < 1.29 is 29.4 Å². The molecule has 0 saturated carbocycles. The number of hydrogen-bond donors (Lipinski definition) is 7. The van der Waals surface area contributed by atoms with Crippen LogP contribution in [0.3, 0.4) is 0 Å². The van der Waals surface area contributed by atoms with E-state index in [1.807, 2.05) is 6.26 Å². The molecule has 1 rings (SSSR count). The molecular weight excluding hydrogens is 452 g/mol. The Morgan fingerprint density at radius 2 is 1.73 bits per heavy atom. The van der Waals surface area contributed by atoms with Crippen molar-refractivity contribution in [2.24, 2.45) is 11.7 Å². The number of carbonyl (C=O) groups is 4. The zero-order valence-electron chi connectivity index (χ0n) is 19.2. The number of carbonyl (C=O) groups excluding carboxylic acids is 3. The van der Waals surface area contributed by atoms with Gasteiger partial charge in [0.05, 0.1) is 12.4 Å². The number of nitrogens with one attached hydrogen (secondary N) is 4. The van der Waals surface area contributed by atoms with E-state index in [1.165, 1.54) is 31.2 Å². The van der Waals surface area contributed by atoms with Gasteiger partial charge in [0.2, 0.25) is 17.7 Å². The number of nitrogens with two attached hydrogens (primary N) is 1. The Morgan fingerprint density at radius 3 is 2.21 bits per heavy atom. The molecule has 0 aliphatic carbocycles. The molecule has 5 atom stereocenters. The van der Waals surface area contributed by atoms with Crippen molar-refractivity contribution in [2.45, 2.75) is 63.9 Å². The van der Waals surface area contributed by atoms with E-state index < -0.39 is 54.0 Å². The van der Waals surface area contributed by atoms with Gasteiger partial charge in [0, 0.05) is 18.3 Å². The number of carboxylic acids is 1. The summed E-state index contributed by atoms with van der Waals surface area (Å²) in [5.41, 5.74) is 6.22. The molecule has 0 radical (unpaired) electrons. The molecule has 5 unspecified atom stereocenters. The van der Waals surface area contributed by atoms with Crippen molar-refractivity contribution in [1.29, 1.82) is 0 Å². The van der Waals surface area contributed by atoms with Gasteiger partial charge in [-0.05, 0) is 31.3 Å². The smallest absolute Gasteiger partial charge is 0.326 e. The molecule has 13 heteroatoms. The summed E-state index contributed by atoms with van der Waals surface area (Å²) in [5.74, 6) is -3.04. The number of aromatic amines is 1. The Hall–Kier alpha value is -2.64. The first-order valence-corrected chi connectivity index (χ1v) is 11.9. The van der Waals surface area contributed by atoms with Gasteiger partial charge in [-0.15, -0.1) is 0 Å². The highest BCUT2D eigenvalue weighted by Gasteiger charge is 2.32. The number of amides is 3. The number of rotatable bonds is 14. The highest BCUT2D eigenvalue weighted by molar-refractivity contribution is 7.98. The summed E-state index contributed by atoms with van der Waals surface area (Å²) in [6.45, 7) is 4.76. The number of thioether (sulfide) groups is 1. The predicted octanol–water partition coefficient (Wildman–Crippen LogP) is -1.39. The Balaban J connectivity index is 2.99. The SMILES string of the molecule is CSCCC(NC(=O)C(NC(=O)C(Cc1cnc[nH]1)NC(=O)C(N)C(C)O)C(C)C)C(=O)O. The van der Waals surface area contributed by atoms with E-state index in [2.05, 4.69) is 25.9 Å². The second-order valence-electron chi connectivity index (χ2n) is 8.02. The number of H-pyrrole nitrogens is 1. The van der Waals surface area contributed by atoms with Gasteiger partial charge >= 0.3 is 5.97 Å². The average molecular weight is 487 g/mol. The molecule has 1 aromatic heterocycles. The minimum Gasteiger partial charge on any atom is -0.480 e. The standard InChI is InChI=1S/C20H34N6O6S/c1-10(2)16(19(30)24-13(20(31)32)5-6-33-4)26-17(28)14(7-12-8-22-9-23-12)25-18(29)15(21)11(3)27/h8-11,13-16,27H,5-7,21H2,1-4H3,(H,22,23)(H,24,30)(H,25,29)(H,26,28)(H,31,32). The minimum atomic E-state index is -1.25. The van der Waals surface area contributed by atoms with Gasteiger partial charge in [-0.25, -0.2) is 9.78 Å². The topological polar surface area (TPSA) is 200 Å². The molecular formula is C20H34N6O6S. The highest BCUT2D eigenvalue weighted by Crippen LogP contribution is 2.08. The molecule has 1 heterocycles. The molecule has 0 saturated heterocycles. The van der Waals surface area contributed by atoms with Crippen LogP contribution < -0.4 is 21.7 Å². The fraction of sp³-hybridized carbons (Fsp3) is 0.650. The molecule has 8 N–H and O–H groups in total. The molecule has 0 aliphatic rings. The van der Waals surface area contributed by atoms with Gasteiger partial charge in [0.1, 0.15) is 24.2 Å². The molecule has 0 bridgehead atoms. The lowest BCUT2D eigenvalue weighted by atomic mass is 10.0. The maximum Gasteiger partial charge on any atom is 0.326 e. The van der Waals surface area contributed by atoms with Crippen LogP contribution in [-0.2, 0) is 25.6 Å². The van der Waals surface area contributed by atoms with E-state index in [-0.39, 0.29) is 18.8 Å². The number of hydrogen-bond acceptors (Lipinski definition) is 8. The summed E-state index contributed by atoms with van der Waals surface area (Å²) in [7, 11) is 0. The first-order valence-electron chi connectivity index (χ1n) is 10.5. The Bertz CT molecular complexity index is 788. The summed E-state index contributed by atoms with van der Waals surface area (Å²) >= 11 is 1.45. The van der Waals surface area contributed by atoms with Crippen molar-refractivity contribution in [3.8, 4) is 0 Å². The fourth-order valence-corrected chi connectivity index (χ4v) is 3.33. The third-order valence-corrected chi connectivity index (χ3v) is 5.55. The third kappa shape index (κ3) is 9.40. The van der Waals surface area contributed by atoms with Crippen molar-refractivity contribution in [2.75, 3.05) is 12.0 Å². The van der Waals surface area contributed by atoms with Crippen LogP contribution in [0.4, 0.5) is 0 Å². The summed E-state index contributed by atoms with van der Waals surface area (Å²) in [6.07, 6.45) is 3.85. The number of carboxylic acid groups (broad SMARTS) is 1. The third-order valence-electron chi connectivity index (χ3n) is 4.91. The first kappa shape index (κ1) is 28.4. The second-order valence-corrected chi connectivity index (χ2v) is 9.01. The quantitative estimate of drug-likeness (QED) is 0.165. The van der Waals surface area contributed by atoms with Gasteiger partial charge in [-0.1, -0.05) is 13.8 Å². The normalized spacial score (nSPS) is 15.7. The Kier molecular flexibility index (Phi) is 11.9. The van der Waals surface area contributed by atoms with Crippen molar-refractivity contribution in [3.05, 3.63) is 18.2 Å². The second kappa shape index (κ2) is 13.8. The summed E-state index contributed by atoms with van der Waals surface area (Å²) in [6, 6.07) is -4.50. The number of aliphatic hydroxyl groups is 1. The maximum absolute atomic E-state index is 13.0. The van der Waals surface area contributed by atoms with E-state index in [0.717, 1.165) is 0 Å². The van der Waals surface area contributed by atoms with Gasteiger partial charge < -0.3 is 36.9 Å². The molecule has 3 amide bonds. The molecule has 1 aromatic rings. The molecule has 186 valence electrons. The van der Waals surface area contributed by atoms with Gasteiger partial charge in [0.25, 0.3) is 0 Å². The lowest BCUT2D eigenvalue weighted by molar-refractivity contribution is -0.142. The average Bonchev–Trinajstić information content (AvgIpc) is 3.25. The van der Waals surface area contributed by atoms with Crippen LogP contribution in [0.2, 0.25) is 0 Å². The molecule has 12 nitrogen and oxygen atoms in total. The van der Waals surface area contributed by atoms with Gasteiger partial charge in [-0.2, -0.15) is 11.8 Å². The van der Waals surface area contributed by atoms with Crippen LogP contribution in [0.25, 0.3) is 0 Å². The van der Waals surface area contributed by atoms with Crippen LogP contribution >= 0.6 is 11.8 Å². The van der Waals surface area contributed by atoms with E-state index >= 15 is 0 Å². The van der Waals surface area contributed by atoms with Crippen molar-refractivity contribution >= 4 is 35.5 Å². The highest BCUT2D eigenvalue weighted by atomic mass is 32.2. The number of nitrogens with zero attached hydrogens (tertiary/aromatic N) is 1. The van der Waals surface area contributed by atoms with E-state index in [1.54, 1.807) is 13.8 Å². The number of imidazole rings is 1. The summed E-state index contributed by atoms with van der Waals surface area (Å²) < 4.78 is 0. The Morgan fingerprint density at radius 1 is 1.09 bits per heavy atom. The number of aromatic nitrogens is 2. The molecule has 0 fully saturated rings. The zero-order valence-corrected chi connectivity index (χ0v) is 20.0.